The molecule has 0 saturated carbocycles. The molecule has 2 aliphatic heterocycles. The number of carboxylic acids is 1. The third kappa shape index (κ3) is 6.19. The fourth-order valence-corrected chi connectivity index (χ4v) is 7.61. The summed E-state index contributed by atoms with van der Waals surface area (Å²) < 4.78 is 16.5. The van der Waals surface area contributed by atoms with E-state index in [2.05, 4.69) is 10.3 Å². The summed E-state index contributed by atoms with van der Waals surface area (Å²) >= 11 is 1.97. The van der Waals surface area contributed by atoms with Gasteiger partial charge in [-0.25, -0.2) is 4.79 Å². The maximum absolute atomic E-state index is 13.4. The highest BCUT2D eigenvalue weighted by atomic mass is 32.2. The van der Waals surface area contributed by atoms with E-state index in [-0.39, 0.29) is 36.2 Å². The average Bonchev–Trinajstić information content (AvgIpc) is 3.47. The van der Waals surface area contributed by atoms with E-state index in [0.717, 1.165) is 28.0 Å². The zero-order valence-electron chi connectivity index (χ0n) is 23.5. The van der Waals surface area contributed by atoms with Gasteiger partial charge in [-0.3, -0.25) is 28.9 Å². The second-order valence-electron chi connectivity index (χ2n) is 9.68. The van der Waals surface area contributed by atoms with Gasteiger partial charge in [-0.15, -0.1) is 0 Å². The molecule has 0 unspecified atom stereocenters. The summed E-state index contributed by atoms with van der Waals surface area (Å²) in [6.07, 6.45) is 0. The summed E-state index contributed by atoms with van der Waals surface area (Å²) in [5.41, 5.74) is 1.35. The van der Waals surface area contributed by atoms with E-state index in [1.165, 1.54) is 12.1 Å². The van der Waals surface area contributed by atoms with Crippen LogP contribution in [0.5, 0.6) is 11.5 Å². The molecule has 3 heterocycles. The van der Waals surface area contributed by atoms with E-state index in [0.29, 0.717) is 26.7 Å². The SMILES string of the molecule is CCOC(=O)c1ccc(NC(=O)COc2ccc([C@@H]3c4sc(=O)[nH]c4S[C@@H]4C(=O)N(CC(=O)O)C(=O)[C@H]34)cc2OCC)cc1. The minimum absolute atomic E-state index is 0.244. The van der Waals surface area contributed by atoms with Crippen LogP contribution < -0.4 is 19.7 Å². The number of thiazole rings is 1. The molecule has 0 radical (unpaired) electrons. The number of amides is 3. The zero-order chi connectivity index (χ0) is 31.5. The van der Waals surface area contributed by atoms with Crippen LogP contribution in [0.1, 0.15) is 40.6 Å². The number of carbonyl (C=O) groups is 5. The number of likely N-dealkylation sites (tertiary alicyclic amines) is 1. The van der Waals surface area contributed by atoms with Crippen molar-refractivity contribution < 1.29 is 43.3 Å². The minimum atomic E-state index is -1.31. The Kier molecular flexibility index (Phi) is 9.06. The van der Waals surface area contributed by atoms with Crippen molar-refractivity contribution in [3.63, 3.8) is 0 Å². The third-order valence-electron chi connectivity index (χ3n) is 6.87. The number of rotatable bonds is 11. The van der Waals surface area contributed by atoms with E-state index in [1.807, 2.05) is 0 Å². The molecule has 1 fully saturated rings. The smallest absolute Gasteiger partial charge is 0.338 e. The zero-order valence-corrected chi connectivity index (χ0v) is 25.1. The summed E-state index contributed by atoms with van der Waals surface area (Å²) in [5, 5.41) is 11.5. The van der Waals surface area contributed by atoms with Crippen LogP contribution in [0.25, 0.3) is 0 Å². The second kappa shape index (κ2) is 12.9. The van der Waals surface area contributed by atoms with Gasteiger partial charge in [-0.2, -0.15) is 0 Å². The summed E-state index contributed by atoms with van der Waals surface area (Å²) in [6, 6.07) is 11.1. The molecule has 13 nitrogen and oxygen atoms in total. The molecule has 1 saturated heterocycles. The highest BCUT2D eigenvalue weighted by Crippen LogP contribution is 2.53. The van der Waals surface area contributed by atoms with Crippen molar-refractivity contribution in [1.82, 2.24) is 9.88 Å². The lowest BCUT2D eigenvalue weighted by atomic mass is 9.83. The van der Waals surface area contributed by atoms with Gasteiger partial charge >= 0.3 is 16.8 Å². The van der Waals surface area contributed by atoms with Crippen LogP contribution in [-0.4, -0.2) is 76.3 Å². The Morgan fingerprint density at radius 3 is 2.41 bits per heavy atom. The highest BCUT2D eigenvalue weighted by molar-refractivity contribution is 8.00. The average molecular weight is 642 g/mol. The molecule has 44 heavy (non-hydrogen) atoms. The van der Waals surface area contributed by atoms with Gasteiger partial charge in [0.1, 0.15) is 11.8 Å². The molecule has 1 aromatic heterocycles. The van der Waals surface area contributed by atoms with Gasteiger partial charge in [0.25, 0.3) is 5.91 Å². The third-order valence-corrected chi connectivity index (χ3v) is 9.27. The van der Waals surface area contributed by atoms with Gasteiger partial charge in [0.05, 0.1) is 29.7 Å². The molecule has 0 spiro atoms. The number of aromatic amines is 1. The summed E-state index contributed by atoms with van der Waals surface area (Å²) in [4.78, 5) is 78.3. The van der Waals surface area contributed by atoms with E-state index in [9.17, 15) is 33.9 Å². The van der Waals surface area contributed by atoms with E-state index in [1.54, 1.807) is 44.2 Å². The molecule has 3 amide bonds. The van der Waals surface area contributed by atoms with Crippen LogP contribution in [0.4, 0.5) is 5.69 Å². The molecule has 0 bridgehead atoms. The molecule has 0 aliphatic carbocycles. The fourth-order valence-electron chi connectivity index (χ4n) is 5.07. The number of fused-ring (bicyclic) bond motifs is 2. The van der Waals surface area contributed by atoms with Crippen LogP contribution in [-0.2, 0) is 23.9 Å². The molecule has 15 heteroatoms. The topological polar surface area (TPSA) is 181 Å². The monoisotopic (exact) mass is 641 g/mol. The molecule has 3 N–H and O–H groups in total. The van der Waals surface area contributed by atoms with Gasteiger partial charge in [0, 0.05) is 16.5 Å². The van der Waals surface area contributed by atoms with Crippen molar-refractivity contribution >= 4 is 58.4 Å². The van der Waals surface area contributed by atoms with Crippen LogP contribution in [0.15, 0.2) is 52.3 Å². The number of nitrogens with one attached hydrogen (secondary N) is 2. The minimum Gasteiger partial charge on any atom is -0.490 e. The predicted octanol–water partition coefficient (Wildman–Crippen LogP) is 2.71. The van der Waals surface area contributed by atoms with Crippen LogP contribution in [0.2, 0.25) is 0 Å². The van der Waals surface area contributed by atoms with Gasteiger partial charge in [-0.1, -0.05) is 29.2 Å². The van der Waals surface area contributed by atoms with Crippen LogP contribution >= 0.6 is 23.1 Å². The molecule has 5 rings (SSSR count). The summed E-state index contributed by atoms with van der Waals surface area (Å²) in [6.45, 7) is 2.84. The Morgan fingerprint density at radius 2 is 1.73 bits per heavy atom. The van der Waals surface area contributed by atoms with Crippen LogP contribution in [0, 0.1) is 5.92 Å². The molecule has 3 atom stereocenters. The number of anilines is 1. The van der Waals surface area contributed by atoms with Gasteiger partial charge in [0.15, 0.2) is 18.1 Å². The van der Waals surface area contributed by atoms with Crippen molar-refractivity contribution in [3.8, 4) is 11.5 Å². The van der Waals surface area contributed by atoms with Gasteiger partial charge < -0.3 is 29.6 Å². The van der Waals surface area contributed by atoms with E-state index in [4.69, 9.17) is 14.2 Å². The largest absolute Gasteiger partial charge is 0.490 e. The number of carbonyl (C=O) groups excluding carboxylic acids is 4. The fraction of sp³-hybridized carbons (Fsp3) is 0.310. The lowest BCUT2D eigenvalue weighted by Gasteiger charge is -2.30. The standard InChI is InChI=1S/C29H27N3O10S2/c1-3-40-18-11-15(7-10-17(18)42-13-19(33)30-16-8-5-14(6-9-16)28(38)41-4-2)21-22-24(43-25-23(21)44-29(39)31-25)27(37)32(26(22)36)12-20(34)35/h5-11,21-22,24H,3-4,12-13H2,1-2H3,(H,30,33)(H,31,39)(H,34,35)/t21-,22+,24-/m0/s1. The number of benzene rings is 2. The van der Waals surface area contributed by atoms with Gasteiger partial charge in [-0.05, 0) is 55.8 Å². The number of aromatic nitrogens is 1. The van der Waals surface area contributed by atoms with Crippen molar-refractivity contribution in [1.29, 1.82) is 0 Å². The normalized spacial score (nSPS) is 18.8. The lowest BCUT2D eigenvalue weighted by Crippen LogP contribution is -2.36. The van der Waals surface area contributed by atoms with Crippen molar-refractivity contribution in [2.75, 3.05) is 31.7 Å². The molecular weight excluding hydrogens is 614 g/mol. The number of H-pyrrole nitrogens is 1. The quantitative estimate of drug-likeness (QED) is 0.207. The molecule has 2 aliphatic rings. The highest BCUT2D eigenvalue weighted by Gasteiger charge is 2.56. The van der Waals surface area contributed by atoms with Crippen molar-refractivity contribution in [3.05, 3.63) is 68.1 Å². The Labute approximate surface area is 258 Å². The van der Waals surface area contributed by atoms with E-state index >= 15 is 0 Å². The second-order valence-corrected chi connectivity index (χ2v) is 11.8. The first kappa shape index (κ1) is 30.8. The number of esters is 1. The Hall–Kier alpha value is -4.63. The summed E-state index contributed by atoms with van der Waals surface area (Å²) in [7, 11) is 0. The summed E-state index contributed by atoms with van der Waals surface area (Å²) in [5.74, 6) is -4.65. The number of hydrogen-bond donors (Lipinski definition) is 3. The first-order valence-corrected chi connectivity index (χ1v) is 15.2. The number of nitrogens with zero attached hydrogens (tertiary/aromatic N) is 1. The van der Waals surface area contributed by atoms with Crippen LogP contribution in [0.3, 0.4) is 0 Å². The van der Waals surface area contributed by atoms with Crippen molar-refractivity contribution in [2.24, 2.45) is 5.92 Å². The molecule has 230 valence electrons. The predicted molar refractivity (Wildman–Crippen MR) is 158 cm³/mol. The Morgan fingerprint density at radius 1 is 0.977 bits per heavy atom. The first-order chi connectivity index (χ1) is 21.1. The number of ether oxygens (including phenoxy) is 3. The Bertz CT molecular complexity index is 1680. The molecular formula is C29H27N3O10S2. The number of hydrogen-bond acceptors (Lipinski definition) is 11. The number of thioether (sulfide) groups is 1. The molecule has 2 aromatic carbocycles. The number of imide groups is 1. The Balaban J connectivity index is 1.36. The molecule has 3 aromatic rings. The van der Waals surface area contributed by atoms with E-state index < -0.39 is 53.3 Å². The maximum atomic E-state index is 13.4. The maximum Gasteiger partial charge on any atom is 0.338 e. The number of carboxylic acid groups (broad SMARTS) is 1. The first-order valence-electron chi connectivity index (χ1n) is 13.5. The van der Waals surface area contributed by atoms with Gasteiger partial charge in [0.2, 0.25) is 11.8 Å². The lowest BCUT2D eigenvalue weighted by molar-refractivity contribution is -0.149. The number of aliphatic carboxylic acids is 1. The van der Waals surface area contributed by atoms with Crippen molar-refractivity contribution in [2.45, 2.75) is 30.0 Å².